The third-order valence-electron chi connectivity index (χ3n) is 5.23. The topological polar surface area (TPSA) is 46.6 Å². The summed E-state index contributed by atoms with van der Waals surface area (Å²) in [7, 11) is 1.39. The summed E-state index contributed by atoms with van der Waals surface area (Å²) < 4.78 is 5.02. The van der Waals surface area contributed by atoms with Crippen molar-refractivity contribution >= 4 is 23.4 Å². The third-order valence-corrected chi connectivity index (χ3v) is 5.57. The maximum Gasteiger partial charge on any atom is 0.327 e. The normalized spacial score (nSPS) is 16.7. The van der Waals surface area contributed by atoms with Crippen molar-refractivity contribution in [1.29, 1.82) is 0 Å². The van der Waals surface area contributed by atoms with Gasteiger partial charge in [-0.25, -0.2) is 4.79 Å². The molecule has 5 heteroatoms. The molecule has 142 valence electrons. The van der Waals surface area contributed by atoms with E-state index in [1.165, 1.54) is 7.11 Å². The number of Topliss-reactive ketones (excluding diaryl/α,β-unsaturated/α-hetero) is 1. The Hall–Kier alpha value is -2.17. The zero-order valence-corrected chi connectivity index (χ0v) is 16.4. The molecule has 0 radical (unpaired) electrons. The number of rotatable bonds is 5. The van der Waals surface area contributed by atoms with Crippen LogP contribution in [-0.2, 0) is 9.53 Å². The summed E-state index contributed by atoms with van der Waals surface area (Å²) in [6.45, 7) is 3.30. The lowest BCUT2D eigenvalue weighted by atomic mass is 9.87. The molecule has 0 aromatic heterocycles. The number of ether oxygens (including phenoxy) is 1. The summed E-state index contributed by atoms with van der Waals surface area (Å²) in [4.78, 5) is 27.3. The molecule has 1 unspecified atom stereocenters. The van der Waals surface area contributed by atoms with Crippen LogP contribution in [0.5, 0.6) is 0 Å². The van der Waals surface area contributed by atoms with Gasteiger partial charge in [0.25, 0.3) is 0 Å². The lowest BCUT2D eigenvalue weighted by Crippen LogP contribution is -2.42. The first-order valence-corrected chi connectivity index (χ1v) is 9.56. The predicted octanol–water partition coefficient (Wildman–Crippen LogP) is 4.46. The van der Waals surface area contributed by atoms with Crippen LogP contribution in [0.25, 0.3) is 0 Å². The zero-order valence-electron chi connectivity index (χ0n) is 15.7. The van der Waals surface area contributed by atoms with E-state index in [2.05, 4.69) is 4.90 Å². The average Bonchev–Trinajstić information content (AvgIpc) is 2.70. The third kappa shape index (κ3) is 4.40. The number of ketones is 1. The van der Waals surface area contributed by atoms with Gasteiger partial charge in [0, 0.05) is 16.5 Å². The van der Waals surface area contributed by atoms with Gasteiger partial charge in [-0.2, -0.15) is 0 Å². The van der Waals surface area contributed by atoms with Gasteiger partial charge in [0.2, 0.25) is 0 Å². The van der Waals surface area contributed by atoms with Crippen molar-refractivity contribution in [2.75, 3.05) is 20.2 Å². The van der Waals surface area contributed by atoms with Crippen LogP contribution < -0.4 is 0 Å². The van der Waals surface area contributed by atoms with Crippen LogP contribution >= 0.6 is 11.6 Å². The molecule has 1 saturated heterocycles. The highest BCUT2D eigenvalue weighted by Gasteiger charge is 2.34. The minimum atomic E-state index is -0.542. The van der Waals surface area contributed by atoms with E-state index in [1.54, 1.807) is 6.07 Å². The summed E-state index contributed by atoms with van der Waals surface area (Å²) in [5, 5.41) is 0.547. The second-order valence-corrected chi connectivity index (χ2v) is 7.39. The number of hydrogen-bond donors (Lipinski definition) is 0. The van der Waals surface area contributed by atoms with Gasteiger partial charge in [-0.1, -0.05) is 59.6 Å². The molecule has 1 atom stereocenters. The number of methoxy groups -OCH3 is 1. The number of carbonyl (C=O) groups excluding carboxylic acids is 2. The Kier molecular flexibility index (Phi) is 6.30. The van der Waals surface area contributed by atoms with Crippen LogP contribution in [0.1, 0.15) is 40.4 Å². The summed E-state index contributed by atoms with van der Waals surface area (Å²) in [6, 6.07) is 14.5. The number of halogens is 1. The molecule has 0 N–H and O–H groups in total. The number of aryl methyl sites for hydroxylation is 1. The van der Waals surface area contributed by atoms with Gasteiger partial charge in [0.05, 0.1) is 7.11 Å². The van der Waals surface area contributed by atoms with Crippen molar-refractivity contribution in [3.63, 3.8) is 0 Å². The second-order valence-electron chi connectivity index (χ2n) is 6.99. The standard InChI is InChI=1S/C22H24ClNO3/c1-15-7-9-16(10-8-15)21(25)17-11-13-24(14-12-17)20(22(26)27-2)18-5-3-4-6-19(18)23/h3-10,17,20H,11-14H2,1-2H3. The van der Waals surface area contributed by atoms with E-state index in [1.807, 2.05) is 49.4 Å². The number of nitrogens with zero attached hydrogens (tertiary/aromatic N) is 1. The molecular weight excluding hydrogens is 362 g/mol. The van der Waals surface area contributed by atoms with Crippen LogP contribution in [0.3, 0.4) is 0 Å². The number of piperidine rings is 1. The monoisotopic (exact) mass is 385 g/mol. The maximum atomic E-state index is 12.8. The molecule has 0 spiro atoms. The number of benzene rings is 2. The molecule has 3 rings (SSSR count). The fraction of sp³-hybridized carbons (Fsp3) is 0.364. The minimum absolute atomic E-state index is 0.0199. The molecule has 0 saturated carbocycles. The van der Waals surface area contributed by atoms with Crippen LogP contribution in [0.15, 0.2) is 48.5 Å². The van der Waals surface area contributed by atoms with Crippen LogP contribution in [0.4, 0.5) is 0 Å². The lowest BCUT2D eigenvalue weighted by Gasteiger charge is -2.36. The van der Waals surface area contributed by atoms with Crippen molar-refractivity contribution < 1.29 is 14.3 Å². The number of carbonyl (C=O) groups is 2. The van der Waals surface area contributed by atoms with Crippen molar-refractivity contribution in [3.8, 4) is 0 Å². The molecule has 27 heavy (non-hydrogen) atoms. The van der Waals surface area contributed by atoms with Crippen molar-refractivity contribution in [2.24, 2.45) is 5.92 Å². The fourth-order valence-electron chi connectivity index (χ4n) is 3.65. The minimum Gasteiger partial charge on any atom is -0.468 e. The highest BCUT2D eigenvalue weighted by molar-refractivity contribution is 6.31. The lowest BCUT2D eigenvalue weighted by molar-refractivity contribution is -0.147. The van der Waals surface area contributed by atoms with E-state index in [-0.39, 0.29) is 17.7 Å². The average molecular weight is 386 g/mol. The van der Waals surface area contributed by atoms with E-state index in [0.29, 0.717) is 31.0 Å². The molecule has 0 amide bonds. The smallest absolute Gasteiger partial charge is 0.327 e. The molecule has 1 aliphatic rings. The molecular formula is C22H24ClNO3. The Morgan fingerprint density at radius 1 is 1.07 bits per heavy atom. The number of hydrogen-bond acceptors (Lipinski definition) is 4. The van der Waals surface area contributed by atoms with E-state index in [4.69, 9.17) is 16.3 Å². The molecule has 1 fully saturated rings. The van der Waals surface area contributed by atoms with Gasteiger partial charge >= 0.3 is 5.97 Å². The highest BCUT2D eigenvalue weighted by atomic mass is 35.5. The van der Waals surface area contributed by atoms with E-state index in [0.717, 1.165) is 16.7 Å². The molecule has 0 aliphatic carbocycles. The Balaban J connectivity index is 1.72. The van der Waals surface area contributed by atoms with Gasteiger partial charge in [-0.3, -0.25) is 9.69 Å². The van der Waals surface area contributed by atoms with Crippen LogP contribution in [-0.4, -0.2) is 36.9 Å². The molecule has 4 nitrogen and oxygen atoms in total. The molecule has 1 aliphatic heterocycles. The Bertz CT molecular complexity index is 811. The van der Waals surface area contributed by atoms with E-state index in [9.17, 15) is 9.59 Å². The van der Waals surface area contributed by atoms with Gasteiger partial charge in [0.1, 0.15) is 6.04 Å². The first-order valence-electron chi connectivity index (χ1n) is 9.18. The van der Waals surface area contributed by atoms with Crippen LogP contribution in [0, 0.1) is 12.8 Å². The molecule has 2 aromatic rings. The van der Waals surface area contributed by atoms with Gasteiger partial charge in [-0.05, 0) is 44.5 Å². The fourth-order valence-corrected chi connectivity index (χ4v) is 3.89. The number of esters is 1. The summed E-state index contributed by atoms with van der Waals surface area (Å²) in [5.74, 6) is -0.165. The number of likely N-dealkylation sites (tertiary alicyclic amines) is 1. The summed E-state index contributed by atoms with van der Waals surface area (Å²) in [5.41, 5.74) is 2.64. The first-order chi connectivity index (χ1) is 13.0. The zero-order chi connectivity index (χ0) is 19.4. The second kappa shape index (κ2) is 8.68. The summed E-state index contributed by atoms with van der Waals surface area (Å²) in [6.07, 6.45) is 1.43. The largest absolute Gasteiger partial charge is 0.468 e. The van der Waals surface area contributed by atoms with Crippen molar-refractivity contribution in [3.05, 3.63) is 70.2 Å². The van der Waals surface area contributed by atoms with Gasteiger partial charge in [0.15, 0.2) is 5.78 Å². The SMILES string of the molecule is COC(=O)C(c1ccccc1Cl)N1CCC(C(=O)c2ccc(C)cc2)CC1. The van der Waals surface area contributed by atoms with Crippen molar-refractivity contribution in [1.82, 2.24) is 4.90 Å². The van der Waals surface area contributed by atoms with Crippen LogP contribution in [0.2, 0.25) is 5.02 Å². The van der Waals surface area contributed by atoms with E-state index < -0.39 is 6.04 Å². The van der Waals surface area contributed by atoms with Gasteiger partial charge in [-0.15, -0.1) is 0 Å². The maximum absolute atomic E-state index is 12.8. The van der Waals surface area contributed by atoms with E-state index >= 15 is 0 Å². The van der Waals surface area contributed by atoms with Gasteiger partial charge < -0.3 is 4.74 Å². The molecule has 2 aromatic carbocycles. The Morgan fingerprint density at radius 2 is 1.70 bits per heavy atom. The Labute approximate surface area is 165 Å². The highest BCUT2D eigenvalue weighted by Crippen LogP contribution is 2.32. The predicted molar refractivity (Wildman–Crippen MR) is 106 cm³/mol. The first kappa shape index (κ1) is 19.6. The summed E-state index contributed by atoms with van der Waals surface area (Å²) >= 11 is 6.32. The Morgan fingerprint density at radius 3 is 2.30 bits per heavy atom. The van der Waals surface area contributed by atoms with Crippen molar-refractivity contribution in [2.45, 2.75) is 25.8 Å². The molecule has 0 bridgehead atoms. The molecule has 1 heterocycles. The quantitative estimate of drug-likeness (QED) is 0.563.